The van der Waals surface area contributed by atoms with Crippen molar-refractivity contribution >= 4 is 28.6 Å². The van der Waals surface area contributed by atoms with Gasteiger partial charge in [0.2, 0.25) is 5.91 Å². The lowest BCUT2D eigenvalue weighted by Crippen LogP contribution is -2.51. The highest BCUT2D eigenvalue weighted by Crippen LogP contribution is 2.49. The maximum absolute atomic E-state index is 15.8. The van der Waals surface area contributed by atoms with Crippen LogP contribution < -0.4 is 20.1 Å². The molecular formula is C44H53FN2O7. The van der Waals surface area contributed by atoms with Gasteiger partial charge < -0.3 is 29.6 Å². The molecule has 0 radical (unpaired) electrons. The second-order valence-corrected chi connectivity index (χ2v) is 17.2. The lowest BCUT2D eigenvalue weighted by Gasteiger charge is -2.39. The highest BCUT2D eigenvalue weighted by atomic mass is 19.1. The lowest BCUT2D eigenvalue weighted by atomic mass is 9.70. The number of fused-ring (bicyclic) bond motifs is 3. The summed E-state index contributed by atoms with van der Waals surface area (Å²) in [4.78, 5) is 41.2. The van der Waals surface area contributed by atoms with Gasteiger partial charge in [-0.1, -0.05) is 55.8 Å². The summed E-state index contributed by atoms with van der Waals surface area (Å²) in [5.41, 5.74) is 0.613. The molecule has 2 amide bonds. The highest BCUT2D eigenvalue weighted by Gasteiger charge is 2.52. The molecule has 3 aromatic rings. The van der Waals surface area contributed by atoms with Crippen LogP contribution in [-0.4, -0.2) is 55.8 Å². The normalized spacial score (nSPS) is 29.7. The van der Waals surface area contributed by atoms with Crippen molar-refractivity contribution in [2.24, 2.45) is 28.6 Å². The average molecular weight is 741 g/mol. The van der Waals surface area contributed by atoms with Gasteiger partial charge in [0.1, 0.15) is 18.5 Å². The number of hydrogen-bond donors (Lipinski definition) is 2. The lowest BCUT2D eigenvalue weighted by molar-refractivity contribution is -0.159. The van der Waals surface area contributed by atoms with Gasteiger partial charge in [-0.2, -0.15) is 0 Å². The van der Waals surface area contributed by atoms with Crippen molar-refractivity contribution in [1.82, 2.24) is 10.6 Å². The molecule has 1 heterocycles. The Morgan fingerprint density at radius 1 is 0.870 bits per heavy atom. The van der Waals surface area contributed by atoms with Gasteiger partial charge in [-0.25, -0.2) is 4.39 Å². The Hall–Kier alpha value is -4.18. The summed E-state index contributed by atoms with van der Waals surface area (Å²) < 4.78 is 39.6. The summed E-state index contributed by atoms with van der Waals surface area (Å²) in [6, 6.07) is 16.4. The van der Waals surface area contributed by atoms with Crippen LogP contribution >= 0.6 is 0 Å². The fourth-order valence-corrected chi connectivity index (χ4v) is 9.63. The standard InChI is InChI=1S/C44H53FN2O7/c1-43(16-6-17-43)26-46-41(49)38-28-11-12-29(21-28)39(38)47-40(48)34-22-37(35(45)23-36(34)54-32-15-20-51-25-32)53-31-13-18-44(2,19-14-31)42(50)52-24-30-9-5-8-27-7-3-4-10-33(27)30/h3-5,7-10,22-23,28-29,31-32,38-39H,6,11-21,24-26H2,1-2H3,(H,46,49)(H,47,48)/t28-,29+,31?,32+,38+,39-,44?/m1/s1. The van der Waals surface area contributed by atoms with Crippen molar-refractivity contribution in [2.45, 2.75) is 109 Å². The van der Waals surface area contributed by atoms with Crippen LogP contribution in [0.25, 0.3) is 10.8 Å². The SMILES string of the molecule is CC1(CNC(=O)[C@H]2[C@@H]3CC[C@@H](C3)[C@H]2NC(=O)c2cc(OC3CCC(C)(C(=O)OCc4cccc5ccccc45)CC3)c(F)cc2O[C@H]2CCOC2)CCC1. The van der Waals surface area contributed by atoms with Gasteiger partial charge in [-0.15, -0.1) is 0 Å². The second-order valence-electron chi connectivity index (χ2n) is 17.2. The number of halogens is 1. The molecule has 9 nitrogen and oxygen atoms in total. The Kier molecular flexibility index (Phi) is 10.3. The second kappa shape index (κ2) is 15.2. The molecule has 5 aliphatic rings. The molecule has 2 bridgehead atoms. The number of nitrogens with one attached hydrogen (secondary N) is 2. The molecule has 4 saturated carbocycles. The zero-order chi connectivity index (χ0) is 37.5. The molecular weight excluding hydrogens is 687 g/mol. The number of ether oxygens (including phenoxy) is 4. The van der Waals surface area contributed by atoms with Gasteiger partial charge in [0, 0.05) is 25.1 Å². The van der Waals surface area contributed by atoms with E-state index in [1.165, 1.54) is 18.6 Å². The van der Waals surface area contributed by atoms with E-state index in [9.17, 15) is 14.4 Å². The first-order chi connectivity index (χ1) is 26.1. The molecule has 5 atom stereocenters. The number of carbonyl (C=O) groups excluding carboxylic acids is 3. The molecule has 0 spiro atoms. The number of esters is 1. The summed E-state index contributed by atoms with van der Waals surface area (Å²) in [5.74, 6) is -0.987. The van der Waals surface area contributed by atoms with E-state index in [4.69, 9.17) is 18.9 Å². The zero-order valence-corrected chi connectivity index (χ0v) is 31.5. The topological polar surface area (TPSA) is 112 Å². The molecule has 288 valence electrons. The van der Waals surface area contributed by atoms with Crippen molar-refractivity contribution in [3.8, 4) is 11.5 Å². The van der Waals surface area contributed by atoms with Crippen molar-refractivity contribution < 1.29 is 37.7 Å². The van der Waals surface area contributed by atoms with E-state index in [1.54, 1.807) is 0 Å². The predicted molar refractivity (Wildman–Crippen MR) is 202 cm³/mol. The summed E-state index contributed by atoms with van der Waals surface area (Å²) in [6.07, 6.45) is 8.40. The number of benzene rings is 3. The van der Waals surface area contributed by atoms with E-state index in [2.05, 4.69) is 17.6 Å². The molecule has 5 fully saturated rings. The minimum Gasteiger partial charge on any atom is -0.487 e. The quantitative estimate of drug-likeness (QED) is 0.183. The summed E-state index contributed by atoms with van der Waals surface area (Å²) in [7, 11) is 0. The first-order valence-corrected chi connectivity index (χ1v) is 20.0. The van der Waals surface area contributed by atoms with Crippen LogP contribution in [0.15, 0.2) is 54.6 Å². The minimum atomic E-state index is -0.686. The summed E-state index contributed by atoms with van der Waals surface area (Å²) in [5, 5.41) is 8.60. The van der Waals surface area contributed by atoms with E-state index in [0.717, 1.165) is 48.4 Å². The van der Waals surface area contributed by atoms with Crippen LogP contribution in [-0.2, 0) is 25.7 Å². The largest absolute Gasteiger partial charge is 0.487 e. The summed E-state index contributed by atoms with van der Waals surface area (Å²) >= 11 is 0. The zero-order valence-electron chi connectivity index (χ0n) is 31.5. The smallest absolute Gasteiger partial charge is 0.312 e. The summed E-state index contributed by atoms with van der Waals surface area (Å²) in [6.45, 7) is 5.89. The minimum absolute atomic E-state index is 0.0186. The van der Waals surface area contributed by atoms with Crippen LogP contribution in [0.2, 0.25) is 0 Å². The van der Waals surface area contributed by atoms with Crippen molar-refractivity contribution in [3.63, 3.8) is 0 Å². The molecule has 0 aromatic heterocycles. The Balaban J connectivity index is 0.936. The number of rotatable bonds is 12. The number of carbonyl (C=O) groups is 3. The maximum atomic E-state index is 15.8. The number of hydrogen-bond acceptors (Lipinski definition) is 7. The van der Waals surface area contributed by atoms with E-state index >= 15 is 4.39 Å². The first kappa shape index (κ1) is 36.8. The van der Waals surface area contributed by atoms with Gasteiger partial charge in [-0.05, 0) is 104 Å². The van der Waals surface area contributed by atoms with E-state index < -0.39 is 17.1 Å². The Morgan fingerprint density at radius 2 is 1.63 bits per heavy atom. The van der Waals surface area contributed by atoms with Crippen LogP contribution in [0.5, 0.6) is 11.5 Å². The maximum Gasteiger partial charge on any atom is 0.312 e. The third-order valence-electron chi connectivity index (χ3n) is 13.3. The van der Waals surface area contributed by atoms with Gasteiger partial charge in [-0.3, -0.25) is 14.4 Å². The van der Waals surface area contributed by atoms with Crippen LogP contribution in [0.1, 0.15) is 100 Å². The Labute approximate surface area is 317 Å². The molecule has 54 heavy (non-hydrogen) atoms. The van der Waals surface area contributed by atoms with Gasteiger partial charge in [0.05, 0.1) is 36.2 Å². The average Bonchev–Trinajstić information content (AvgIpc) is 3.93. The Morgan fingerprint density at radius 3 is 2.39 bits per heavy atom. The molecule has 1 saturated heterocycles. The fourth-order valence-electron chi connectivity index (χ4n) is 9.63. The van der Waals surface area contributed by atoms with Crippen LogP contribution in [0.3, 0.4) is 0 Å². The van der Waals surface area contributed by atoms with Gasteiger partial charge in [0.25, 0.3) is 5.91 Å². The molecule has 0 unspecified atom stereocenters. The molecule has 2 N–H and O–H groups in total. The van der Waals surface area contributed by atoms with Crippen molar-refractivity contribution in [1.29, 1.82) is 0 Å². The molecule has 1 aliphatic heterocycles. The van der Waals surface area contributed by atoms with Crippen LogP contribution in [0, 0.1) is 34.4 Å². The van der Waals surface area contributed by atoms with Gasteiger partial charge in [0.15, 0.2) is 11.6 Å². The Bertz CT molecular complexity index is 1870. The van der Waals surface area contributed by atoms with Gasteiger partial charge >= 0.3 is 5.97 Å². The molecule has 4 aliphatic carbocycles. The molecule has 10 heteroatoms. The highest BCUT2D eigenvalue weighted by molar-refractivity contribution is 5.98. The molecule has 8 rings (SSSR count). The van der Waals surface area contributed by atoms with E-state index in [0.29, 0.717) is 51.9 Å². The van der Waals surface area contributed by atoms with Crippen molar-refractivity contribution in [2.75, 3.05) is 19.8 Å². The monoisotopic (exact) mass is 740 g/mol. The fraction of sp³-hybridized carbons (Fsp3) is 0.568. The third kappa shape index (κ3) is 7.55. The van der Waals surface area contributed by atoms with Crippen LogP contribution in [0.4, 0.5) is 4.39 Å². The predicted octanol–water partition coefficient (Wildman–Crippen LogP) is 7.67. The third-order valence-corrected chi connectivity index (χ3v) is 13.3. The van der Waals surface area contributed by atoms with Crippen molar-refractivity contribution in [3.05, 3.63) is 71.5 Å². The van der Waals surface area contributed by atoms with E-state index in [1.807, 2.05) is 49.4 Å². The number of amides is 2. The first-order valence-electron chi connectivity index (χ1n) is 20.0. The molecule has 3 aromatic carbocycles. The van der Waals surface area contributed by atoms with E-state index in [-0.39, 0.29) is 77.0 Å².